The fourth-order valence-electron chi connectivity index (χ4n) is 2.96. The number of carbonyl (C=O) groups is 1. The summed E-state index contributed by atoms with van der Waals surface area (Å²) >= 11 is 0. The van der Waals surface area contributed by atoms with Crippen LogP contribution >= 0.6 is 0 Å². The van der Waals surface area contributed by atoms with Crippen molar-refractivity contribution in [2.24, 2.45) is 0 Å². The van der Waals surface area contributed by atoms with Crippen LogP contribution in [0.15, 0.2) is 29.6 Å². The number of carbonyl (C=O) groups excluding carboxylic acids is 1. The molecule has 2 rings (SSSR count). The average molecular weight is 389 g/mol. The van der Waals surface area contributed by atoms with Gasteiger partial charge in [-0.05, 0) is 33.1 Å². The van der Waals surface area contributed by atoms with Gasteiger partial charge in [-0.25, -0.2) is 0 Å². The minimum atomic E-state index is -0.615. The first kappa shape index (κ1) is 21.3. The monoisotopic (exact) mass is 389 g/mol. The maximum absolute atomic E-state index is 12.9. The Labute approximate surface area is 164 Å². The Balaban J connectivity index is 2.58. The summed E-state index contributed by atoms with van der Waals surface area (Å²) in [5.74, 6) is -0.207. The van der Waals surface area contributed by atoms with E-state index in [2.05, 4.69) is 11.9 Å². The van der Waals surface area contributed by atoms with E-state index in [9.17, 15) is 14.7 Å². The predicted molar refractivity (Wildman–Crippen MR) is 109 cm³/mol. The Morgan fingerprint density at radius 2 is 1.93 bits per heavy atom. The molecule has 0 aliphatic rings. The summed E-state index contributed by atoms with van der Waals surface area (Å²) in [6.07, 6.45) is 2.27. The minimum Gasteiger partial charge on any atom is -0.506 e. The van der Waals surface area contributed by atoms with E-state index in [1.165, 1.54) is 18.8 Å². The molecule has 8 nitrogen and oxygen atoms in total. The second-order valence-corrected chi connectivity index (χ2v) is 6.57. The van der Waals surface area contributed by atoms with Crippen LogP contribution in [-0.2, 0) is 6.54 Å². The summed E-state index contributed by atoms with van der Waals surface area (Å²) in [6.45, 7) is 5.03. The molecule has 0 saturated carbocycles. The molecule has 1 amide bonds. The predicted octanol–water partition coefficient (Wildman–Crippen LogP) is 1.59. The topological polar surface area (TPSA) is 93.0 Å². The molecule has 1 heterocycles. The Bertz CT molecular complexity index is 934. The lowest BCUT2D eigenvalue weighted by atomic mass is 10.1. The molecule has 0 radical (unpaired) electrons. The number of hydrogen-bond acceptors (Lipinski definition) is 6. The molecule has 1 aromatic heterocycles. The van der Waals surface area contributed by atoms with Gasteiger partial charge < -0.3 is 29.4 Å². The number of methoxy groups -OCH3 is 2. The standard InChI is InChI=1S/C20H27N3O5/c1-6-9-23-14-12-16(28-5)15(27-4)11-13(14)18(24)17(20(23)26)19(25)21-8-7-10-22(2)3/h6,11-12,24H,1,7-10H2,2-5H3,(H,21,25). The van der Waals surface area contributed by atoms with Crippen LogP contribution in [0.4, 0.5) is 0 Å². The molecule has 2 aromatic rings. The zero-order chi connectivity index (χ0) is 20.8. The third kappa shape index (κ3) is 4.28. The maximum atomic E-state index is 12.9. The van der Waals surface area contributed by atoms with Crippen LogP contribution in [0.2, 0.25) is 0 Å². The number of rotatable bonds is 9. The Hall–Kier alpha value is -3.00. The summed E-state index contributed by atoms with van der Waals surface area (Å²) < 4.78 is 11.9. The van der Waals surface area contributed by atoms with Gasteiger partial charge in [-0.15, -0.1) is 6.58 Å². The smallest absolute Gasteiger partial charge is 0.268 e. The van der Waals surface area contributed by atoms with Gasteiger partial charge in [0.15, 0.2) is 11.5 Å². The second kappa shape index (κ2) is 9.27. The Morgan fingerprint density at radius 3 is 2.50 bits per heavy atom. The van der Waals surface area contributed by atoms with Crippen molar-refractivity contribution in [3.63, 3.8) is 0 Å². The van der Waals surface area contributed by atoms with E-state index in [0.717, 1.165) is 13.0 Å². The highest BCUT2D eigenvalue weighted by Gasteiger charge is 2.23. The number of benzene rings is 1. The van der Waals surface area contributed by atoms with Crippen molar-refractivity contribution in [3.8, 4) is 17.2 Å². The number of aromatic nitrogens is 1. The van der Waals surface area contributed by atoms with Gasteiger partial charge in [0.2, 0.25) is 0 Å². The third-order valence-electron chi connectivity index (χ3n) is 4.35. The molecule has 1 aromatic carbocycles. The first-order valence-corrected chi connectivity index (χ1v) is 8.91. The van der Waals surface area contributed by atoms with E-state index in [0.29, 0.717) is 28.9 Å². The van der Waals surface area contributed by atoms with E-state index in [1.54, 1.807) is 18.2 Å². The van der Waals surface area contributed by atoms with Crippen molar-refractivity contribution in [2.75, 3.05) is 41.4 Å². The summed E-state index contributed by atoms with van der Waals surface area (Å²) in [4.78, 5) is 27.6. The summed E-state index contributed by atoms with van der Waals surface area (Å²) in [5.41, 5.74) is -0.474. The highest BCUT2D eigenvalue weighted by molar-refractivity contribution is 6.03. The van der Waals surface area contributed by atoms with E-state index in [4.69, 9.17) is 9.47 Å². The normalized spacial score (nSPS) is 10.9. The van der Waals surface area contributed by atoms with Gasteiger partial charge in [0.05, 0.1) is 19.7 Å². The molecule has 0 saturated heterocycles. The lowest BCUT2D eigenvalue weighted by molar-refractivity contribution is 0.0948. The first-order valence-electron chi connectivity index (χ1n) is 8.91. The lowest BCUT2D eigenvalue weighted by Crippen LogP contribution is -2.34. The molecule has 2 N–H and O–H groups in total. The maximum Gasteiger partial charge on any atom is 0.268 e. The minimum absolute atomic E-state index is 0.173. The van der Waals surface area contributed by atoms with Gasteiger partial charge in [-0.2, -0.15) is 0 Å². The highest BCUT2D eigenvalue weighted by Crippen LogP contribution is 2.36. The fraction of sp³-hybridized carbons (Fsp3) is 0.400. The summed E-state index contributed by atoms with van der Waals surface area (Å²) in [5, 5.41) is 13.7. The molecule has 0 fully saturated rings. The average Bonchev–Trinajstić information content (AvgIpc) is 2.67. The van der Waals surface area contributed by atoms with Gasteiger partial charge in [0.25, 0.3) is 11.5 Å². The molecule has 0 aliphatic carbocycles. The second-order valence-electron chi connectivity index (χ2n) is 6.57. The van der Waals surface area contributed by atoms with Crippen molar-refractivity contribution < 1.29 is 19.4 Å². The van der Waals surface area contributed by atoms with Crippen LogP contribution in [-0.4, -0.2) is 61.9 Å². The van der Waals surface area contributed by atoms with Gasteiger partial charge in [0.1, 0.15) is 11.3 Å². The Morgan fingerprint density at radius 1 is 1.29 bits per heavy atom. The molecule has 28 heavy (non-hydrogen) atoms. The number of fused-ring (bicyclic) bond motifs is 1. The van der Waals surface area contributed by atoms with Gasteiger partial charge in [0, 0.05) is 24.5 Å². The zero-order valence-corrected chi connectivity index (χ0v) is 16.7. The summed E-state index contributed by atoms with van der Waals surface area (Å²) in [7, 11) is 6.83. The number of amides is 1. The zero-order valence-electron chi connectivity index (χ0n) is 16.7. The number of ether oxygens (including phenoxy) is 2. The SMILES string of the molecule is C=CCn1c(=O)c(C(=O)NCCCN(C)C)c(O)c2cc(OC)c(OC)cc21. The number of hydrogen-bond donors (Lipinski definition) is 2. The first-order chi connectivity index (χ1) is 13.3. The van der Waals surface area contributed by atoms with Crippen molar-refractivity contribution in [3.05, 3.63) is 40.7 Å². The van der Waals surface area contributed by atoms with E-state index >= 15 is 0 Å². The molecule has 0 aliphatic heterocycles. The lowest BCUT2D eigenvalue weighted by Gasteiger charge is -2.16. The van der Waals surface area contributed by atoms with Crippen LogP contribution in [0.3, 0.4) is 0 Å². The molecule has 8 heteroatoms. The van der Waals surface area contributed by atoms with Crippen LogP contribution in [0.5, 0.6) is 17.2 Å². The molecule has 0 spiro atoms. The van der Waals surface area contributed by atoms with Gasteiger partial charge >= 0.3 is 0 Å². The number of allylic oxidation sites excluding steroid dienone is 1. The Kier molecular flexibility index (Phi) is 7.06. The molecule has 0 unspecified atom stereocenters. The molecule has 152 valence electrons. The van der Waals surface area contributed by atoms with Crippen molar-refractivity contribution in [1.82, 2.24) is 14.8 Å². The van der Waals surface area contributed by atoms with Crippen molar-refractivity contribution in [1.29, 1.82) is 0 Å². The van der Waals surface area contributed by atoms with E-state index in [1.807, 2.05) is 19.0 Å². The molecular formula is C20H27N3O5. The third-order valence-corrected chi connectivity index (χ3v) is 4.35. The van der Waals surface area contributed by atoms with Crippen LogP contribution in [0.1, 0.15) is 16.8 Å². The highest BCUT2D eigenvalue weighted by atomic mass is 16.5. The molecule has 0 bridgehead atoms. The number of pyridine rings is 1. The van der Waals surface area contributed by atoms with Gasteiger partial charge in [-0.3, -0.25) is 9.59 Å². The molecular weight excluding hydrogens is 362 g/mol. The quantitative estimate of drug-likeness (QED) is 0.500. The largest absolute Gasteiger partial charge is 0.506 e. The van der Waals surface area contributed by atoms with Crippen molar-refractivity contribution in [2.45, 2.75) is 13.0 Å². The molecule has 0 atom stereocenters. The van der Waals surface area contributed by atoms with Crippen LogP contribution in [0.25, 0.3) is 10.9 Å². The van der Waals surface area contributed by atoms with Crippen molar-refractivity contribution >= 4 is 16.8 Å². The summed E-state index contributed by atoms with van der Waals surface area (Å²) in [6, 6.07) is 3.14. The number of nitrogens with zero attached hydrogens (tertiary/aromatic N) is 2. The number of aromatic hydroxyl groups is 1. The number of nitrogens with one attached hydrogen (secondary N) is 1. The van der Waals surface area contributed by atoms with Gasteiger partial charge in [-0.1, -0.05) is 6.08 Å². The van der Waals surface area contributed by atoms with Crippen LogP contribution < -0.4 is 20.3 Å². The van der Waals surface area contributed by atoms with Crippen LogP contribution in [0, 0.1) is 0 Å². The fourth-order valence-corrected chi connectivity index (χ4v) is 2.96. The van der Waals surface area contributed by atoms with E-state index in [-0.39, 0.29) is 17.9 Å². The van der Waals surface area contributed by atoms with E-state index < -0.39 is 11.5 Å².